The van der Waals surface area contributed by atoms with E-state index in [1.807, 2.05) is 19.1 Å². The highest BCUT2D eigenvalue weighted by Crippen LogP contribution is 2.19. The van der Waals surface area contributed by atoms with Crippen LogP contribution in [-0.4, -0.2) is 19.1 Å². The van der Waals surface area contributed by atoms with Crippen LogP contribution in [0.1, 0.15) is 25.8 Å². The van der Waals surface area contributed by atoms with E-state index in [0.29, 0.717) is 23.9 Å². The van der Waals surface area contributed by atoms with E-state index < -0.39 is 0 Å². The summed E-state index contributed by atoms with van der Waals surface area (Å²) in [6.07, 6.45) is 0.958. The van der Waals surface area contributed by atoms with Gasteiger partial charge in [0.25, 0.3) is 0 Å². The van der Waals surface area contributed by atoms with Crippen LogP contribution in [0.25, 0.3) is 0 Å². The molecular formula is C14H22N2O2. The number of nitrogens with two attached hydrogens (primary N) is 1. The second-order valence-electron chi connectivity index (χ2n) is 4.87. The Hall–Kier alpha value is -1.55. The largest absolute Gasteiger partial charge is 0.397 e. The fraction of sp³-hybridized carbons (Fsp3) is 0.500. The Bertz CT molecular complexity index is 403. The lowest BCUT2D eigenvalue weighted by atomic mass is 10.1. The van der Waals surface area contributed by atoms with Crippen molar-refractivity contribution in [1.82, 2.24) is 0 Å². The third-order valence-corrected chi connectivity index (χ3v) is 2.55. The van der Waals surface area contributed by atoms with Gasteiger partial charge in [-0.25, -0.2) is 0 Å². The van der Waals surface area contributed by atoms with Gasteiger partial charge < -0.3 is 15.8 Å². The number of aryl methyl sites for hydroxylation is 1. The van der Waals surface area contributed by atoms with Crippen molar-refractivity contribution in [3.8, 4) is 0 Å². The number of hydrogen-bond donors (Lipinski definition) is 2. The predicted molar refractivity (Wildman–Crippen MR) is 74.5 cm³/mol. The van der Waals surface area contributed by atoms with Gasteiger partial charge in [-0.05, 0) is 37.0 Å². The smallest absolute Gasteiger partial charge is 0.250 e. The van der Waals surface area contributed by atoms with Crippen molar-refractivity contribution < 1.29 is 9.53 Å². The molecule has 1 amide bonds. The van der Waals surface area contributed by atoms with Crippen molar-refractivity contribution in [1.29, 1.82) is 0 Å². The van der Waals surface area contributed by atoms with Crippen molar-refractivity contribution in [2.24, 2.45) is 5.92 Å². The third kappa shape index (κ3) is 5.19. The van der Waals surface area contributed by atoms with Crippen molar-refractivity contribution in [2.75, 3.05) is 24.3 Å². The highest BCUT2D eigenvalue weighted by molar-refractivity contribution is 5.94. The van der Waals surface area contributed by atoms with E-state index in [2.05, 4.69) is 19.2 Å². The van der Waals surface area contributed by atoms with Crippen molar-refractivity contribution in [2.45, 2.75) is 27.2 Å². The van der Waals surface area contributed by atoms with E-state index in [4.69, 9.17) is 10.5 Å². The molecule has 1 aromatic rings. The number of hydrogen-bond acceptors (Lipinski definition) is 3. The Kier molecular flexibility index (Phi) is 5.65. The molecule has 0 aliphatic carbocycles. The number of carbonyl (C=O) groups excluding carboxylic acids is 1. The van der Waals surface area contributed by atoms with Crippen LogP contribution in [0.15, 0.2) is 18.2 Å². The van der Waals surface area contributed by atoms with Gasteiger partial charge in [0.15, 0.2) is 0 Å². The first-order chi connectivity index (χ1) is 8.49. The molecule has 0 radical (unpaired) electrons. The lowest BCUT2D eigenvalue weighted by Crippen LogP contribution is -2.19. The molecule has 0 spiro atoms. The van der Waals surface area contributed by atoms with Crippen LogP contribution < -0.4 is 11.1 Å². The van der Waals surface area contributed by atoms with Gasteiger partial charge in [0, 0.05) is 6.61 Å². The summed E-state index contributed by atoms with van der Waals surface area (Å²) < 4.78 is 5.29. The third-order valence-electron chi connectivity index (χ3n) is 2.55. The topological polar surface area (TPSA) is 64.3 Å². The standard InChI is InChI=1S/C14H22N2O2/c1-10(2)6-7-18-9-14(17)16-13-5-4-11(3)8-12(13)15/h4-5,8,10H,6-7,9,15H2,1-3H3,(H,16,17). The molecule has 1 rings (SSSR count). The highest BCUT2D eigenvalue weighted by atomic mass is 16.5. The van der Waals surface area contributed by atoms with E-state index in [1.54, 1.807) is 6.07 Å². The molecule has 18 heavy (non-hydrogen) atoms. The molecule has 1 aromatic carbocycles. The summed E-state index contributed by atoms with van der Waals surface area (Å²) in [6.45, 7) is 6.87. The van der Waals surface area contributed by atoms with Gasteiger partial charge >= 0.3 is 0 Å². The van der Waals surface area contributed by atoms with Gasteiger partial charge in [-0.3, -0.25) is 4.79 Å². The van der Waals surface area contributed by atoms with Gasteiger partial charge in [0.05, 0.1) is 11.4 Å². The maximum absolute atomic E-state index is 11.6. The van der Waals surface area contributed by atoms with Gasteiger partial charge in [0.1, 0.15) is 6.61 Å². The molecule has 0 bridgehead atoms. The maximum atomic E-state index is 11.6. The number of anilines is 2. The summed E-state index contributed by atoms with van der Waals surface area (Å²) in [5.74, 6) is 0.412. The Morgan fingerprint density at radius 1 is 1.44 bits per heavy atom. The highest BCUT2D eigenvalue weighted by Gasteiger charge is 2.05. The SMILES string of the molecule is Cc1ccc(NC(=O)COCCC(C)C)c(N)c1. The van der Waals surface area contributed by atoms with E-state index in [-0.39, 0.29) is 12.5 Å². The number of ether oxygens (including phenoxy) is 1. The summed E-state index contributed by atoms with van der Waals surface area (Å²) >= 11 is 0. The Balaban J connectivity index is 2.35. The number of nitrogens with one attached hydrogen (secondary N) is 1. The molecule has 0 atom stereocenters. The second-order valence-corrected chi connectivity index (χ2v) is 4.87. The normalized spacial score (nSPS) is 10.7. The van der Waals surface area contributed by atoms with Crippen LogP contribution >= 0.6 is 0 Å². The molecule has 0 aliphatic heterocycles. The van der Waals surface area contributed by atoms with E-state index in [0.717, 1.165) is 12.0 Å². The first-order valence-corrected chi connectivity index (χ1v) is 6.22. The summed E-state index contributed by atoms with van der Waals surface area (Å²) in [7, 11) is 0. The van der Waals surface area contributed by atoms with Crippen LogP contribution in [0, 0.1) is 12.8 Å². The summed E-state index contributed by atoms with van der Waals surface area (Å²) in [6, 6.07) is 5.54. The number of nitrogen functional groups attached to an aromatic ring is 1. The lowest BCUT2D eigenvalue weighted by molar-refractivity contribution is -0.120. The molecule has 100 valence electrons. The zero-order chi connectivity index (χ0) is 13.5. The quantitative estimate of drug-likeness (QED) is 0.602. The van der Waals surface area contributed by atoms with Gasteiger partial charge in [-0.1, -0.05) is 19.9 Å². The van der Waals surface area contributed by atoms with Crippen molar-refractivity contribution in [3.63, 3.8) is 0 Å². The Labute approximate surface area is 109 Å². The molecule has 4 heteroatoms. The molecule has 0 fully saturated rings. The zero-order valence-corrected chi connectivity index (χ0v) is 11.3. The van der Waals surface area contributed by atoms with Gasteiger partial charge in [-0.2, -0.15) is 0 Å². The average Bonchev–Trinajstić information content (AvgIpc) is 2.28. The molecule has 0 unspecified atom stereocenters. The second kappa shape index (κ2) is 7.01. The monoisotopic (exact) mass is 250 g/mol. The van der Waals surface area contributed by atoms with Crippen LogP contribution in [0.5, 0.6) is 0 Å². The molecule has 3 N–H and O–H groups in total. The van der Waals surface area contributed by atoms with E-state index >= 15 is 0 Å². The van der Waals surface area contributed by atoms with Crippen LogP contribution in [0.3, 0.4) is 0 Å². The lowest BCUT2D eigenvalue weighted by Gasteiger charge is -2.10. The fourth-order valence-corrected chi connectivity index (χ4v) is 1.47. The fourth-order valence-electron chi connectivity index (χ4n) is 1.47. The molecule has 0 saturated carbocycles. The van der Waals surface area contributed by atoms with Crippen LogP contribution in [0.2, 0.25) is 0 Å². The van der Waals surface area contributed by atoms with E-state index in [9.17, 15) is 4.79 Å². The summed E-state index contributed by atoms with van der Waals surface area (Å²) in [5, 5.41) is 2.74. The Morgan fingerprint density at radius 2 is 2.17 bits per heavy atom. The first kappa shape index (κ1) is 14.5. The Morgan fingerprint density at radius 3 is 2.78 bits per heavy atom. The first-order valence-electron chi connectivity index (χ1n) is 6.22. The minimum absolute atomic E-state index is 0.0695. The number of rotatable bonds is 6. The van der Waals surface area contributed by atoms with Gasteiger partial charge in [0.2, 0.25) is 5.91 Å². The van der Waals surface area contributed by atoms with Crippen LogP contribution in [-0.2, 0) is 9.53 Å². The van der Waals surface area contributed by atoms with Crippen molar-refractivity contribution >= 4 is 17.3 Å². The summed E-state index contributed by atoms with van der Waals surface area (Å²) in [5.41, 5.74) is 8.09. The van der Waals surface area contributed by atoms with Crippen molar-refractivity contribution in [3.05, 3.63) is 23.8 Å². The average molecular weight is 250 g/mol. The molecule has 0 aliphatic rings. The minimum Gasteiger partial charge on any atom is -0.397 e. The predicted octanol–water partition coefficient (Wildman–Crippen LogP) is 2.58. The van der Waals surface area contributed by atoms with Gasteiger partial charge in [-0.15, -0.1) is 0 Å². The molecule has 0 aromatic heterocycles. The number of benzene rings is 1. The molecule has 4 nitrogen and oxygen atoms in total. The zero-order valence-electron chi connectivity index (χ0n) is 11.3. The molecular weight excluding hydrogens is 228 g/mol. The number of amides is 1. The maximum Gasteiger partial charge on any atom is 0.250 e. The summed E-state index contributed by atoms with van der Waals surface area (Å²) in [4.78, 5) is 11.6. The minimum atomic E-state index is -0.172. The molecule has 0 heterocycles. The van der Waals surface area contributed by atoms with E-state index in [1.165, 1.54) is 0 Å². The van der Waals surface area contributed by atoms with Crippen LogP contribution in [0.4, 0.5) is 11.4 Å². The molecule has 0 saturated heterocycles. The number of carbonyl (C=O) groups is 1.